The SMILES string of the molecule is CC(C)(C(=O)NCc1ccc[nH]1)c1ccccc1. The quantitative estimate of drug-likeness (QED) is 0.850. The van der Waals surface area contributed by atoms with Crippen LogP contribution in [-0.2, 0) is 16.8 Å². The molecule has 0 unspecified atom stereocenters. The van der Waals surface area contributed by atoms with Crippen LogP contribution in [0.3, 0.4) is 0 Å². The third kappa shape index (κ3) is 2.62. The maximum Gasteiger partial charge on any atom is 0.230 e. The second-order valence-corrected chi connectivity index (χ2v) is 4.87. The molecule has 0 bridgehead atoms. The highest BCUT2D eigenvalue weighted by molar-refractivity contribution is 5.87. The Labute approximate surface area is 107 Å². The van der Waals surface area contributed by atoms with Gasteiger partial charge in [0, 0.05) is 11.9 Å². The summed E-state index contributed by atoms with van der Waals surface area (Å²) >= 11 is 0. The van der Waals surface area contributed by atoms with E-state index in [4.69, 9.17) is 0 Å². The van der Waals surface area contributed by atoms with Crippen LogP contribution in [0.1, 0.15) is 25.1 Å². The van der Waals surface area contributed by atoms with E-state index < -0.39 is 5.41 Å². The Kier molecular flexibility index (Phi) is 3.51. The predicted octanol–water partition coefficient (Wildman–Crippen LogP) is 2.61. The molecule has 0 aliphatic carbocycles. The Morgan fingerprint density at radius 1 is 1.17 bits per heavy atom. The summed E-state index contributed by atoms with van der Waals surface area (Å²) < 4.78 is 0. The van der Waals surface area contributed by atoms with Crippen LogP contribution in [0.25, 0.3) is 0 Å². The molecule has 0 aliphatic rings. The number of H-pyrrole nitrogens is 1. The number of hydrogen-bond acceptors (Lipinski definition) is 1. The van der Waals surface area contributed by atoms with Gasteiger partial charge >= 0.3 is 0 Å². The Hall–Kier alpha value is -2.03. The zero-order valence-corrected chi connectivity index (χ0v) is 10.7. The summed E-state index contributed by atoms with van der Waals surface area (Å²) in [6.07, 6.45) is 1.85. The molecule has 3 heteroatoms. The summed E-state index contributed by atoms with van der Waals surface area (Å²) in [7, 11) is 0. The van der Waals surface area contributed by atoms with Gasteiger partial charge in [-0.15, -0.1) is 0 Å². The predicted molar refractivity (Wildman–Crippen MR) is 72.1 cm³/mol. The molecule has 0 spiro atoms. The molecule has 2 N–H and O–H groups in total. The molecule has 94 valence electrons. The topological polar surface area (TPSA) is 44.9 Å². The van der Waals surface area contributed by atoms with E-state index in [0.29, 0.717) is 6.54 Å². The lowest BCUT2D eigenvalue weighted by Gasteiger charge is -2.24. The molecule has 0 radical (unpaired) electrons. The van der Waals surface area contributed by atoms with Crippen molar-refractivity contribution in [1.29, 1.82) is 0 Å². The summed E-state index contributed by atoms with van der Waals surface area (Å²) in [6, 6.07) is 13.7. The molecule has 18 heavy (non-hydrogen) atoms. The fourth-order valence-electron chi connectivity index (χ4n) is 1.86. The normalized spacial score (nSPS) is 11.2. The van der Waals surface area contributed by atoms with Crippen LogP contribution in [0.2, 0.25) is 0 Å². The average Bonchev–Trinajstić information content (AvgIpc) is 2.90. The zero-order valence-electron chi connectivity index (χ0n) is 10.7. The smallest absolute Gasteiger partial charge is 0.230 e. The van der Waals surface area contributed by atoms with Crippen molar-refractivity contribution in [3.8, 4) is 0 Å². The van der Waals surface area contributed by atoms with Crippen molar-refractivity contribution in [2.75, 3.05) is 0 Å². The molecule has 1 aromatic heterocycles. The zero-order chi connectivity index (χ0) is 13.0. The van der Waals surface area contributed by atoms with Crippen molar-refractivity contribution >= 4 is 5.91 Å². The molecule has 2 rings (SSSR count). The highest BCUT2D eigenvalue weighted by Gasteiger charge is 2.29. The van der Waals surface area contributed by atoms with Gasteiger partial charge < -0.3 is 10.3 Å². The number of carbonyl (C=O) groups excluding carboxylic acids is 1. The first-order valence-electron chi connectivity index (χ1n) is 6.07. The Bertz CT molecular complexity index is 501. The first kappa shape index (κ1) is 12.4. The second-order valence-electron chi connectivity index (χ2n) is 4.87. The number of benzene rings is 1. The van der Waals surface area contributed by atoms with Gasteiger partial charge in [0.25, 0.3) is 0 Å². The minimum atomic E-state index is -0.520. The number of rotatable bonds is 4. The van der Waals surface area contributed by atoms with E-state index in [0.717, 1.165) is 11.3 Å². The largest absolute Gasteiger partial charge is 0.364 e. The maximum atomic E-state index is 12.2. The third-order valence-corrected chi connectivity index (χ3v) is 3.16. The molecular weight excluding hydrogens is 224 g/mol. The summed E-state index contributed by atoms with van der Waals surface area (Å²) in [5.74, 6) is 0.0308. The Morgan fingerprint density at radius 3 is 2.50 bits per heavy atom. The monoisotopic (exact) mass is 242 g/mol. The van der Waals surface area contributed by atoms with E-state index in [1.165, 1.54) is 0 Å². The standard InChI is InChI=1S/C15H18N2O/c1-15(2,12-7-4-3-5-8-12)14(18)17-11-13-9-6-10-16-13/h3-10,16H,11H2,1-2H3,(H,17,18). The van der Waals surface area contributed by atoms with E-state index in [1.54, 1.807) is 0 Å². The maximum absolute atomic E-state index is 12.2. The molecule has 0 aliphatic heterocycles. The fraction of sp³-hybridized carbons (Fsp3) is 0.267. The van der Waals surface area contributed by atoms with Crippen molar-refractivity contribution in [1.82, 2.24) is 10.3 Å². The second kappa shape index (κ2) is 5.08. The molecule has 0 atom stereocenters. The van der Waals surface area contributed by atoms with Gasteiger partial charge in [-0.25, -0.2) is 0 Å². The highest BCUT2D eigenvalue weighted by Crippen LogP contribution is 2.22. The molecule has 1 amide bonds. The first-order valence-corrected chi connectivity index (χ1v) is 6.07. The van der Waals surface area contributed by atoms with E-state index in [9.17, 15) is 4.79 Å². The van der Waals surface area contributed by atoms with Crippen molar-refractivity contribution < 1.29 is 4.79 Å². The van der Waals surface area contributed by atoms with Gasteiger partial charge in [-0.2, -0.15) is 0 Å². The lowest BCUT2D eigenvalue weighted by Crippen LogP contribution is -2.39. The van der Waals surface area contributed by atoms with E-state index in [-0.39, 0.29) is 5.91 Å². The van der Waals surface area contributed by atoms with Gasteiger partial charge in [-0.05, 0) is 31.5 Å². The minimum absolute atomic E-state index is 0.0308. The van der Waals surface area contributed by atoms with Gasteiger partial charge in [0.1, 0.15) is 0 Å². The highest BCUT2D eigenvalue weighted by atomic mass is 16.2. The van der Waals surface area contributed by atoms with Gasteiger partial charge in [0.15, 0.2) is 0 Å². The lowest BCUT2D eigenvalue weighted by molar-refractivity contribution is -0.125. The van der Waals surface area contributed by atoms with Crippen LogP contribution in [0, 0.1) is 0 Å². The lowest BCUT2D eigenvalue weighted by atomic mass is 9.84. The fourth-order valence-corrected chi connectivity index (χ4v) is 1.86. The van der Waals surface area contributed by atoms with E-state index in [1.807, 2.05) is 62.5 Å². The molecular formula is C15H18N2O. The Morgan fingerprint density at radius 2 is 1.89 bits per heavy atom. The van der Waals surface area contributed by atoms with Crippen LogP contribution in [0.4, 0.5) is 0 Å². The Balaban J connectivity index is 2.04. The molecule has 1 aromatic carbocycles. The van der Waals surface area contributed by atoms with Crippen LogP contribution in [-0.4, -0.2) is 10.9 Å². The summed E-state index contributed by atoms with van der Waals surface area (Å²) in [4.78, 5) is 15.3. The summed E-state index contributed by atoms with van der Waals surface area (Å²) in [5.41, 5.74) is 1.51. The van der Waals surface area contributed by atoms with Gasteiger partial charge in [0.05, 0.1) is 12.0 Å². The number of aromatic nitrogens is 1. The third-order valence-electron chi connectivity index (χ3n) is 3.16. The van der Waals surface area contributed by atoms with Gasteiger partial charge in [0.2, 0.25) is 5.91 Å². The number of aromatic amines is 1. The minimum Gasteiger partial charge on any atom is -0.364 e. The average molecular weight is 242 g/mol. The summed E-state index contributed by atoms with van der Waals surface area (Å²) in [6.45, 7) is 4.40. The number of nitrogens with one attached hydrogen (secondary N) is 2. The molecule has 0 saturated heterocycles. The van der Waals surface area contributed by atoms with Crippen LogP contribution < -0.4 is 5.32 Å². The van der Waals surface area contributed by atoms with Crippen molar-refractivity contribution in [2.24, 2.45) is 0 Å². The van der Waals surface area contributed by atoms with Crippen LogP contribution in [0.15, 0.2) is 48.7 Å². The van der Waals surface area contributed by atoms with Crippen molar-refractivity contribution in [2.45, 2.75) is 25.8 Å². The van der Waals surface area contributed by atoms with Crippen molar-refractivity contribution in [3.63, 3.8) is 0 Å². The van der Waals surface area contributed by atoms with Gasteiger partial charge in [-0.3, -0.25) is 4.79 Å². The molecule has 0 fully saturated rings. The van der Waals surface area contributed by atoms with Gasteiger partial charge in [-0.1, -0.05) is 30.3 Å². The van der Waals surface area contributed by atoms with Crippen LogP contribution >= 0.6 is 0 Å². The number of hydrogen-bond donors (Lipinski definition) is 2. The van der Waals surface area contributed by atoms with Crippen LogP contribution in [0.5, 0.6) is 0 Å². The molecule has 3 nitrogen and oxygen atoms in total. The number of amides is 1. The van der Waals surface area contributed by atoms with E-state index >= 15 is 0 Å². The molecule has 0 saturated carbocycles. The van der Waals surface area contributed by atoms with E-state index in [2.05, 4.69) is 10.3 Å². The summed E-state index contributed by atoms with van der Waals surface area (Å²) in [5, 5.41) is 2.95. The first-order chi connectivity index (χ1) is 8.60. The van der Waals surface area contributed by atoms with Crippen molar-refractivity contribution in [3.05, 3.63) is 59.9 Å². The molecule has 1 heterocycles. The number of carbonyl (C=O) groups is 1. The molecule has 2 aromatic rings.